The van der Waals surface area contributed by atoms with Gasteiger partial charge in [-0.25, -0.2) is 4.79 Å². The van der Waals surface area contributed by atoms with Crippen molar-refractivity contribution in [3.8, 4) is 0 Å². The normalized spacial score (nSPS) is 39.9. The minimum atomic E-state index is -1.83. The summed E-state index contributed by atoms with van der Waals surface area (Å²) in [4.78, 5) is 11.2. The average molecular weight is 201 g/mol. The molecule has 4 nitrogen and oxygen atoms in total. The second-order valence-corrected chi connectivity index (χ2v) is 4.26. The lowest BCUT2D eigenvalue weighted by atomic mass is 9.76. The lowest BCUT2D eigenvalue weighted by Gasteiger charge is -2.48. The van der Waals surface area contributed by atoms with Crippen LogP contribution in [-0.2, 0) is 0 Å². The zero-order chi connectivity index (χ0) is 10.7. The highest BCUT2D eigenvalue weighted by molar-refractivity contribution is 5.53. The van der Waals surface area contributed by atoms with Crippen LogP contribution in [0.2, 0.25) is 0 Å². The van der Waals surface area contributed by atoms with Gasteiger partial charge in [-0.2, -0.15) is 0 Å². The van der Waals surface area contributed by atoms with Crippen molar-refractivity contribution < 1.29 is 15.0 Å². The van der Waals surface area contributed by atoms with Crippen LogP contribution >= 0.6 is 0 Å². The zero-order valence-corrected chi connectivity index (χ0v) is 8.81. The minimum absolute atomic E-state index is 0.868. The molecule has 3 saturated heterocycles. The fourth-order valence-electron chi connectivity index (χ4n) is 2.58. The molecule has 2 N–H and O–H groups in total. The molecule has 0 aromatic heterocycles. The van der Waals surface area contributed by atoms with Crippen LogP contribution in [0.3, 0.4) is 0 Å². The molecule has 14 heavy (non-hydrogen) atoms. The monoisotopic (exact) mass is 201 g/mol. The largest absolute Gasteiger partial charge is 0.503 e. The van der Waals surface area contributed by atoms with E-state index in [0.717, 1.165) is 17.9 Å². The van der Waals surface area contributed by atoms with Gasteiger partial charge in [-0.05, 0) is 44.7 Å². The van der Waals surface area contributed by atoms with Crippen LogP contribution < -0.4 is 0 Å². The Hall–Kier alpha value is -0.770. The van der Waals surface area contributed by atoms with E-state index < -0.39 is 6.16 Å². The smallest absolute Gasteiger partial charge is 0.450 e. The Balaban J connectivity index is 0.000000213. The zero-order valence-electron chi connectivity index (χ0n) is 8.81. The number of carboxylic acid groups (broad SMARTS) is 2. The number of rotatable bonds is 0. The van der Waals surface area contributed by atoms with E-state index in [2.05, 4.69) is 18.7 Å². The van der Waals surface area contributed by atoms with E-state index in [1.54, 1.807) is 0 Å². The quantitative estimate of drug-likeness (QED) is 0.629. The molecule has 4 heteroatoms. The topological polar surface area (TPSA) is 60.8 Å². The maximum atomic E-state index is 8.56. The highest BCUT2D eigenvalue weighted by Gasteiger charge is 2.36. The highest BCUT2D eigenvalue weighted by atomic mass is 16.6. The van der Waals surface area contributed by atoms with Gasteiger partial charge in [-0.1, -0.05) is 6.92 Å². The summed E-state index contributed by atoms with van der Waals surface area (Å²) in [5, 5.41) is 13.9. The van der Waals surface area contributed by atoms with Crippen molar-refractivity contribution in [2.75, 3.05) is 13.1 Å². The van der Waals surface area contributed by atoms with Gasteiger partial charge in [0, 0.05) is 6.04 Å². The van der Waals surface area contributed by atoms with Crippen molar-refractivity contribution in [2.24, 2.45) is 11.8 Å². The fraction of sp³-hybridized carbons (Fsp3) is 0.900. The van der Waals surface area contributed by atoms with Crippen molar-refractivity contribution in [3.63, 3.8) is 0 Å². The number of fused-ring (bicyclic) bond motifs is 3. The highest BCUT2D eigenvalue weighted by Crippen LogP contribution is 2.36. The van der Waals surface area contributed by atoms with Gasteiger partial charge in [0.15, 0.2) is 0 Å². The molecule has 3 rings (SSSR count). The number of piperidine rings is 3. The Morgan fingerprint density at radius 2 is 1.64 bits per heavy atom. The summed E-state index contributed by atoms with van der Waals surface area (Å²) in [5.74, 6) is 2.02. The summed E-state index contributed by atoms with van der Waals surface area (Å²) in [7, 11) is 0. The molecule has 3 fully saturated rings. The third kappa shape index (κ3) is 2.61. The van der Waals surface area contributed by atoms with Gasteiger partial charge in [0.1, 0.15) is 0 Å². The molecule has 3 heterocycles. The van der Waals surface area contributed by atoms with Crippen LogP contribution in [0.15, 0.2) is 0 Å². The molecule has 3 aliphatic rings. The van der Waals surface area contributed by atoms with E-state index in [9.17, 15) is 0 Å². The molecule has 0 aromatic carbocycles. The molecule has 2 bridgehead atoms. The van der Waals surface area contributed by atoms with Crippen molar-refractivity contribution in [2.45, 2.75) is 32.7 Å². The maximum absolute atomic E-state index is 8.56. The number of nitrogens with zero attached hydrogens (tertiary/aromatic N) is 1. The van der Waals surface area contributed by atoms with Gasteiger partial charge in [-0.15, -0.1) is 0 Å². The summed E-state index contributed by atoms with van der Waals surface area (Å²) in [6.45, 7) is 7.54. The molecule has 0 amide bonds. The van der Waals surface area contributed by atoms with E-state index >= 15 is 0 Å². The first-order chi connectivity index (χ1) is 6.52. The van der Waals surface area contributed by atoms with Gasteiger partial charge in [-0.3, -0.25) is 0 Å². The predicted octanol–water partition coefficient (Wildman–Crippen LogP) is 1.96. The molecule has 3 aliphatic heterocycles. The fourth-order valence-corrected chi connectivity index (χ4v) is 2.58. The Bertz CT molecular complexity index is 176. The van der Waals surface area contributed by atoms with E-state index in [-0.39, 0.29) is 0 Å². The first-order valence-corrected chi connectivity index (χ1v) is 5.18. The molecule has 0 saturated carbocycles. The molecule has 0 spiro atoms. The molecule has 2 unspecified atom stereocenters. The van der Waals surface area contributed by atoms with Crippen LogP contribution in [-0.4, -0.2) is 40.4 Å². The number of carbonyl (C=O) groups is 1. The van der Waals surface area contributed by atoms with Gasteiger partial charge < -0.3 is 15.1 Å². The van der Waals surface area contributed by atoms with Crippen molar-refractivity contribution in [1.29, 1.82) is 0 Å². The van der Waals surface area contributed by atoms with E-state index in [0.29, 0.717) is 0 Å². The Labute approximate surface area is 84.5 Å². The van der Waals surface area contributed by atoms with E-state index in [1.165, 1.54) is 25.9 Å². The molecule has 0 radical (unpaired) electrons. The van der Waals surface area contributed by atoms with E-state index in [1.807, 2.05) is 0 Å². The van der Waals surface area contributed by atoms with Crippen molar-refractivity contribution >= 4 is 6.16 Å². The lowest BCUT2D eigenvalue weighted by molar-refractivity contribution is 0.00795. The van der Waals surface area contributed by atoms with Gasteiger partial charge >= 0.3 is 6.16 Å². The summed E-state index contributed by atoms with van der Waals surface area (Å²) < 4.78 is 0. The summed E-state index contributed by atoms with van der Waals surface area (Å²) >= 11 is 0. The van der Waals surface area contributed by atoms with Crippen LogP contribution in [0, 0.1) is 11.8 Å². The van der Waals surface area contributed by atoms with Gasteiger partial charge in [0.2, 0.25) is 0 Å². The Morgan fingerprint density at radius 3 is 1.86 bits per heavy atom. The van der Waals surface area contributed by atoms with Gasteiger partial charge in [0.25, 0.3) is 0 Å². The van der Waals surface area contributed by atoms with Gasteiger partial charge in [0.05, 0.1) is 0 Å². The standard InChI is InChI=1S/C9H17N.CH2O3/c1-7-8(2)10-5-3-9(7)4-6-10;2-1(3)4/h7-9H,3-6H2,1-2H3;(H2,2,3,4). The first kappa shape index (κ1) is 11.3. The second-order valence-electron chi connectivity index (χ2n) is 4.26. The summed E-state index contributed by atoms with van der Waals surface area (Å²) in [6.07, 6.45) is 1.09. The summed E-state index contributed by atoms with van der Waals surface area (Å²) in [6, 6.07) is 0.868. The van der Waals surface area contributed by atoms with Crippen LogP contribution in [0.5, 0.6) is 0 Å². The third-order valence-electron chi connectivity index (χ3n) is 3.65. The van der Waals surface area contributed by atoms with Crippen LogP contribution in [0.25, 0.3) is 0 Å². The molecule has 0 aromatic rings. The average Bonchev–Trinajstić information content (AvgIpc) is 2.13. The van der Waals surface area contributed by atoms with Crippen molar-refractivity contribution in [1.82, 2.24) is 4.90 Å². The summed E-state index contributed by atoms with van der Waals surface area (Å²) in [5.41, 5.74) is 0. The molecule has 2 atom stereocenters. The number of hydrogen-bond donors (Lipinski definition) is 2. The lowest BCUT2D eigenvalue weighted by Crippen LogP contribution is -2.52. The predicted molar refractivity (Wildman–Crippen MR) is 53.6 cm³/mol. The molecule has 0 aliphatic carbocycles. The third-order valence-corrected chi connectivity index (χ3v) is 3.65. The second kappa shape index (κ2) is 4.64. The first-order valence-electron chi connectivity index (χ1n) is 5.18. The van der Waals surface area contributed by atoms with Crippen LogP contribution in [0.4, 0.5) is 4.79 Å². The minimum Gasteiger partial charge on any atom is -0.450 e. The molecule has 82 valence electrons. The van der Waals surface area contributed by atoms with E-state index in [4.69, 9.17) is 15.0 Å². The Morgan fingerprint density at radius 1 is 1.21 bits per heavy atom. The SMILES string of the molecule is CC1C2CCN(CC2)C1C.O=C(O)O. The molecular formula is C10H19NO3. The molecular weight excluding hydrogens is 182 g/mol. The number of hydrogen-bond acceptors (Lipinski definition) is 2. The Kier molecular flexibility index (Phi) is 3.75. The maximum Gasteiger partial charge on any atom is 0.503 e. The van der Waals surface area contributed by atoms with Crippen LogP contribution in [0.1, 0.15) is 26.7 Å². The van der Waals surface area contributed by atoms with Crippen molar-refractivity contribution in [3.05, 3.63) is 0 Å².